The molecule has 0 amide bonds. The highest BCUT2D eigenvalue weighted by Crippen LogP contribution is 1.80. The molecular weight excluding hydrogens is 126 g/mol. The monoisotopic (exact) mass is 143 g/mol. The summed E-state index contributed by atoms with van der Waals surface area (Å²) >= 11 is 0. The van der Waals surface area contributed by atoms with Crippen LogP contribution in [0.2, 0.25) is 0 Å². The van der Waals surface area contributed by atoms with Gasteiger partial charge in [-0.3, -0.25) is 0 Å². The number of rotatable bonds is 6. The van der Waals surface area contributed by atoms with Gasteiger partial charge in [-0.1, -0.05) is 13.5 Å². The van der Waals surface area contributed by atoms with Gasteiger partial charge in [-0.2, -0.15) is 0 Å². The highest BCUT2D eigenvalue weighted by Gasteiger charge is 1.85. The van der Waals surface area contributed by atoms with E-state index in [9.17, 15) is 0 Å². The summed E-state index contributed by atoms with van der Waals surface area (Å²) < 4.78 is 5.23. The molecule has 0 heterocycles. The summed E-state index contributed by atoms with van der Waals surface area (Å²) in [6.07, 6.45) is 1.09. The summed E-state index contributed by atoms with van der Waals surface area (Å²) in [5, 5.41) is 3.08. The molecule has 0 rings (SSSR count). The van der Waals surface area contributed by atoms with Gasteiger partial charge in [-0.05, 0) is 13.3 Å². The lowest BCUT2D eigenvalue weighted by molar-refractivity contribution is 0.138. The quantitative estimate of drug-likeness (QED) is 0.569. The molecule has 1 N–H and O–H groups in total. The Labute approximate surface area is 63.3 Å². The Bertz CT molecular complexity index is 91.3. The fourth-order valence-corrected chi connectivity index (χ4v) is 0.583. The maximum atomic E-state index is 5.23. The topological polar surface area (TPSA) is 21.3 Å². The predicted octanol–water partition coefficient (Wildman–Crippen LogP) is 1.54. The first-order chi connectivity index (χ1) is 4.77. The van der Waals surface area contributed by atoms with Gasteiger partial charge in [0.15, 0.2) is 0 Å². The Morgan fingerprint density at radius 3 is 2.70 bits per heavy atom. The van der Waals surface area contributed by atoms with Crippen molar-refractivity contribution in [2.45, 2.75) is 20.3 Å². The Balaban J connectivity index is 2.84. The first-order valence-corrected chi connectivity index (χ1v) is 3.74. The number of hydrogen-bond donors (Lipinski definition) is 1. The molecule has 0 bridgehead atoms. The minimum absolute atomic E-state index is 0.778. The number of nitrogens with one attached hydrogen (secondary N) is 1. The predicted molar refractivity (Wildman–Crippen MR) is 43.9 cm³/mol. The maximum Gasteiger partial charge on any atom is 0.0638 e. The standard InChI is InChI=1S/C8H17NO/c1-4-6-10-7-5-9-8(2)3/h9H,2,4-7H2,1,3H3. The molecule has 10 heavy (non-hydrogen) atoms. The van der Waals surface area contributed by atoms with Crippen LogP contribution < -0.4 is 5.32 Å². The molecule has 0 saturated carbocycles. The SMILES string of the molecule is C=C(C)NCCOCCC. The molecule has 0 radical (unpaired) electrons. The van der Waals surface area contributed by atoms with E-state index in [0.29, 0.717) is 0 Å². The van der Waals surface area contributed by atoms with Crippen molar-refractivity contribution in [3.05, 3.63) is 12.3 Å². The average Bonchev–Trinajstić information content (AvgIpc) is 1.87. The molecule has 0 atom stereocenters. The first-order valence-electron chi connectivity index (χ1n) is 3.74. The van der Waals surface area contributed by atoms with Crippen LogP contribution in [0.4, 0.5) is 0 Å². The zero-order chi connectivity index (χ0) is 7.82. The van der Waals surface area contributed by atoms with Crippen LogP contribution in [0.1, 0.15) is 20.3 Å². The van der Waals surface area contributed by atoms with Gasteiger partial charge < -0.3 is 10.1 Å². The van der Waals surface area contributed by atoms with E-state index in [0.717, 1.165) is 31.9 Å². The van der Waals surface area contributed by atoms with Crippen LogP contribution in [0.25, 0.3) is 0 Å². The van der Waals surface area contributed by atoms with Crippen LogP contribution in [0.5, 0.6) is 0 Å². The molecular formula is C8H17NO. The van der Waals surface area contributed by atoms with E-state index in [1.165, 1.54) is 0 Å². The summed E-state index contributed by atoms with van der Waals surface area (Å²) in [6, 6.07) is 0. The van der Waals surface area contributed by atoms with Crippen molar-refractivity contribution < 1.29 is 4.74 Å². The van der Waals surface area contributed by atoms with Crippen molar-refractivity contribution in [3.8, 4) is 0 Å². The smallest absolute Gasteiger partial charge is 0.0638 e. The van der Waals surface area contributed by atoms with Crippen LogP contribution in [0, 0.1) is 0 Å². The molecule has 0 saturated heterocycles. The van der Waals surface area contributed by atoms with Crippen LogP contribution in [0.3, 0.4) is 0 Å². The molecule has 0 unspecified atom stereocenters. The van der Waals surface area contributed by atoms with E-state index in [-0.39, 0.29) is 0 Å². The Kier molecular flexibility index (Phi) is 6.29. The number of hydrogen-bond acceptors (Lipinski definition) is 2. The first kappa shape index (κ1) is 9.50. The lowest BCUT2D eigenvalue weighted by atomic mass is 10.5. The van der Waals surface area contributed by atoms with Crippen molar-refractivity contribution in [1.29, 1.82) is 0 Å². The van der Waals surface area contributed by atoms with Crippen molar-refractivity contribution in [2.24, 2.45) is 0 Å². The molecule has 2 heteroatoms. The fourth-order valence-electron chi connectivity index (χ4n) is 0.583. The third-order valence-electron chi connectivity index (χ3n) is 1.02. The molecule has 0 aromatic heterocycles. The average molecular weight is 143 g/mol. The Hall–Kier alpha value is -0.500. The molecule has 0 fully saturated rings. The minimum Gasteiger partial charge on any atom is -0.387 e. The van der Waals surface area contributed by atoms with Gasteiger partial charge in [-0.25, -0.2) is 0 Å². The zero-order valence-electron chi connectivity index (χ0n) is 6.94. The van der Waals surface area contributed by atoms with E-state index in [2.05, 4.69) is 18.8 Å². The van der Waals surface area contributed by atoms with E-state index in [1.807, 2.05) is 6.92 Å². The van der Waals surface area contributed by atoms with E-state index >= 15 is 0 Å². The lowest BCUT2D eigenvalue weighted by Gasteiger charge is -2.04. The number of ether oxygens (including phenoxy) is 1. The highest BCUT2D eigenvalue weighted by molar-refractivity contribution is 4.83. The summed E-state index contributed by atoms with van der Waals surface area (Å²) in [7, 11) is 0. The van der Waals surface area contributed by atoms with E-state index < -0.39 is 0 Å². The molecule has 0 aliphatic rings. The summed E-state index contributed by atoms with van der Waals surface area (Å²) in [5.74, 6) is 0. The molecule has 0 aliphatic heterocycles. The number of allylic oxidation sites excluding steroid dienone is 1. The van der Waals surface area contributed by atoms with Gasteiger partial charge in [0, 0.05) is 18.8 Å². The van der Waals surface area contributed by atoms with Crippen LogP contribution in [-0.4, -0.2) is 19.8 Å². The second kappa shape index (κ2) is 6.62. The van der Waals surface area contributed by atoms with Crippen molar-refractivity contribution in [3.63, 3.8) is 0 Å². The molecule has 0 aromatic rings. The Morgan fingerprint density at radius 1 is 1.50 bits per heavy atom. The summed E-state index contributed by atoms with van der Waals surface area (Å²) in [4.78, 5) is 0. The maximum absolute atomic E-state index is 5.23. The normalized spacial score (nSPS) is 9.40. The second-order valence-corrected chi connectivity index (χ2v) is 2.32. The van der Waals surface area contributed by atoms with Gasteiger partial charge in [0.2, 0.25) is 0 Å². The van der Waals surface area contributed by atoms with Crippen LogP contribution >= 0.6 is 0 Å². The third-order valence-corrected chi connectivity index (χ3v) is 1.02. The van der Waals surface area contributed by atoms with Gasteiger partial charge in [0.05, 0.1) is 6.61 Å². The largest absolute Gasteiger partial charge is 0.387 e. The molecule has 0 aromatic carbocycles. The summed E-state index contributed by atoms with van der Waals surface area (Å²) in [5.41, 5.74) is 1.00. The third kappa shape index (κ3) is 7.50. The molecule has 60 valence electrons. The molecule has 2 nitrogen and oxygen atoms in total. The van der Waals surface area contributed by atoms with Crippen molar-refractivity contribution in [2.75, 3.05) is 19.8 Å². The summed E-state index contributed by atoms with van der Waals surface area (Å²) in [6.45, 7) is 10.3. The Morgan fingerprint density at radius 2 is 2.20 bits per heavy atom. The van der Waals surface area contributed by atoms with Gasteiger partial charge in [-0.15, -0.1) is 0 Å². The zero-order valence-corrected chi connectivity index (χ0v) is 6.94. The molecule has 0 spiro atoms. The highest BCUT2D eigenvalue weighted by atomic mass is 16.5. The minimum atomic E-state index is 0.778. The van der Waals surface area contributed by atoms with Crippen molar-refractivity contribution >= 4 is 0 Å². The molecule has 0 aliphatic carbocycles. The van der Waals surface area contributed by atoms with Crippen LogP contribution in [0.15, 0.2) is 12.3 Å². The van der Waals surface area contributed by atoms with Crippen molar-refractivity contribution in [1.82, 2.24) is 5.32 Å². The van der Waals surface area contributed by atoms with Gasteiger partial charge >= 0.3 is 0 Å². The van der Waals surface area contributed by atoms with E-state index in [1.54, 1.807) is 0 Å². The van der Waals surface area contributed by atoms with Gasteiger partial charge in [0.1, 0.15) is 0 Å². The van der Waals surface area contributed by atoms with E-state index in [4.69, 9.17) is 4.74 Å². The fraction of sp³-hybridized carbons (Fsp3) is 0.750. The lowest BCUT2D eigenvalue weighted by Crippen LogP contribution is -2.17. The van der Waals surface area contributed by atoms with Gasteiger partial charge in [0.25, 0.3) is 0 Å². The van der Waals surface area contributed by atoms with Crippen LogP contribution in [-0.2, 0) is 4.74 Å². The second-order valence-electron chi connectivity index (χ2n) is 2.32.